The highest BCUT2D eigenvalue weighted by atomic mass is 16.5. The van der Waals surface area contributed by atoms with Crippen LogP contribution in [-0.2, 0) is 19.1 Å². The molecular weight excluding hydrogens is 260 g/mol. The highest BCUT2D eigenvalue weighted by Crippen LogP contribution is 2.37. The molecule has 0 aliphatic heterocycles. The molecule has 0 aromatic carbocycles. The number of ether oxygens (including phenoxy) is 2. The molecule has 0 aromatic heterocycles. The van der Waals surface area contributed by atoms with Gasteiger partial charge >= 0.3 is 0 Å². The number of hydrogen-bond donors (Lipinski definition) is 1. The molecule has 0 saturated heterocycles. The highest BCUT2D eigenvalue weighted by Gasteiger charge is 2.47. The third kappa shape index (κ3) is 2.38. The van der Waals surface area contributed by atoms with Gasteiger partial charge in [-0.1, -0.05) is 13.8 Å². The Hall–Kier alpha value is -1.62. The van der Waals surface area contributed by atoms with Crippen LogP contribution in [0, 0.1) is 5.92 Å². The number of aliphatic hydroxyl groups is 1. The average Bonchev–Trinajstić information content (AvgIpc) is 2.42. The third-order valence-corrected chi connectivity index (χ3v) is 3.73. The van der Waals surface area contributed by atoms with Gasteiger partial charge in [-0.2, -0.15) is 0 Å². The molecule has 2 atom stereocenters. The standard InChI is InChI=1S/C15H22O5/c1-7-8(2)11(16)10-12(19-5)9(3)13(17)15(4,18)14(10)20-6/h8,18H,7H2,1-6H3/t8-,15-/m0/s1. The lowest BCUT2D eigenvalue weighted by molar-refractivity contribution is -0.132. The van der Waals surface area contributed by atoms with Crippen molar-refractivity contribution in [3.8, 4) is 0 Å². The second-order valence-corrected chi connectivity index (χ2v) is 5.14. The van der Waals surface area contributed by atoms with Gasteiger partial charge in [-0.3, -0.25) is 9.59 Å². The van der Waals surface area contributed by atoms with Gasteiger partial charge in [0.2, 0.25) is 5.78 Å². The molecule has 20 heavy (non-hydrogen) atoms. The summed E-state index contributed by atoms with van der Waals surface area (Å²) in [5.41, 5.74) is -1.46. The zero-order chi connectivity index (χ0) is 15.7. The third-order valence-electron chi connectivity index (χ3n) is 3.73. The highest BCUT2D eigenvalue weighted by molar-refractivity contribution is 6.12. The van der Waals surface area contributed by atoms with Crippen molar-refractivity contribution in [3.05, 3.63) is 22.7 Å². The quantitative estimate of drug-likeness (QED) is 0.831. The van der Waals surface area contributed by atoms with Gasteiger partial charge in [-0.25, -0.2) is 0 Å². The van der Waals surface area contributed by atoms with Gasteiger partial charge in [-0.05, 0) is 20.3 Å². The fourth-order valence-corrected chi connectivity index (χ4v) is 2.32. The van der Waals surface area contributed by atoms with Gasteiger partial charge in [0.1, 0.15) is 17.1 Å². The smallest absolute Gasteiger partial charge is 0.201 e. The molecule has 1 N–H and O–H groups in total. The SMILES string of the molecule is CC[C@H](C)C(=O)C1=C(OC)[C@@](C)(O)C(=O)C(C)=C1OC. The fraction of sp³-hybridized carbons (Fsp3) is 0.600. The minimum absolute atomic E-state index is 0.0461. The molecule has 0 spiro atoms. The predicted molar refractivity (Wildman–Crippen MR) is 73.8 cm³/mol. The predicted octanol–water partition coefficient (Wildman–Crippen LogP) is 1.76. The molecule has 0 heterocycles. The van der Waals surface area contributed by atoms with E-state index in [1.807, 2.05) is 6.92 Å². The van der Waals surface area contributed by atoms with E-state index in [0.717, 1.165) is 0 Å². The molecule has 112 valence electrons. The van der Waals surface area contributed by atoms with Gasteiger partial charge in [0.25, 0.3) is 0 Å². The van der Waals surface area contributed by atoms with E-state index >= 15 is 0 Å². The van der Waals surface area contributed by atoms with Crippen LogP contribution in [0.2, 0.25) is 0 Å². The van der Waals surface area contributed by atoms with E-state index in [9.17, 15) is 14.7 Å². The number of methoxy groups -OCH3 is 2. The molecule has 0 aromatic rings. The van der Waals surface area contributed by atoms with Gasteiger partial charge in [-0.15, -0.1) is 0 Å². The molecule has 0 fully saturated rings. The number of ketones is 2. The van der Waals surface area contributed by atoms with Crippen molar-refractivity contribution in [1.29, 1.82) is 0 Å². The van der Waals surface area contributed by atoms with Crippen LogP contribution in [0.4, 0.5) is 0 Å². The maximum absolute atomic E-state index is 12.5. The number of allylic oxidation sites excluding steroid dienone is 1. The summed E-state index contributed by atoms with van der Waals surface area (Å²) in [7, 11) is 2.72. The van der Waals surface area contributed by atoms with Crippen LogP contribution in [0.25, 0.3) is 0 Å². The monoisotopic (exact) mass is 282 g/mol. The summed E-state index contributed by atoms with van der Waals surface area (Å²) in [6.07, 6.45) is 0.644. The first-order valence-electron chi connectivity index (χ1n) is 6.59. The number of carbonyl (C=O) groups is 2. The van der Waals surface area contributed by atoms with Crippen molar-refractivity contribution in [1.82, 2.24) is 0 Å². The molecule has 1 rings (SSSR count). The molecule has 1 aliphatic rings. The molecule has 1 aliphatic carbocycles. The van der Waals surface area contributed by atoms with E-state index in [-0.39, 0.29) is 34.4 Å². The van der Waals surface area contributed by atoms with Gasteiger partial charge in [0.15, 0.2) is 11.4 Å². The van der Waals surface area contributed by atoms with Crippen LogP contribution >= 0.6 is 0 Å². The van der Waals surface area contributed by atoms with E-state index in [2.05, 4.69) is 0 Å². The molecule has 0 amide bonds. The van der Waals surface area contributed by atoms with Gasteiger partial charge < -0.3 is 14.6 Å². The summed E-state index contributed by atoms with van der Waals surface area (Å²) in [5.74, 6) is -0.837. The maximum Gasteiger partial charge on any atom is 0.201 e. The minimum atomic E-state index is -1.85. The number of hydrogen-bond acceptors (Lipinski definition) is 5. The van der Waals surface area contributed by atoms with Crippen LogP contribution in [0.15, 0.2) is 22.7 Å². The van der Waals surface area contributed by atoms with Crippen molar-refractivity contribution in [2.75, 3.05) is 14.2 Å². The van der Waals surface area contributed by atoms with E-state index in [1.165, 1.54) is 28.1 Å². The van der Waals surface area contributed by atoms with Crippen molar-refractivity contribution in [2.24, 2.45) is 5.92 Å². The lowest BCUT2D eigenvalue weighted by Gasteiger charge is -2.32. The maximum atomic E-state index is 12.5. The summed E-state index contributed by atoms with van der Waals surface area (Å²) < 4.78 is 10.4. The van der Waals surface area contributed by atoms with Crippen LogP contribution in [0.1, 0.15) is 34.1 Å². The summed E-state index contributed by atoms with van der Waals surface area (Å²) in [6.45, 7) is 6.54. The van der Waals surface area contributed by atoms with E-state index in [0.29, 0.717) is 6.42 Å². The fourth-order valence-electron chi connectivity index (χ4n) is 2.32. The summed E-state index contributed by atoms with van der Waals surface area (Å²) in [5, 5.41) is 10.4. The van der Waals surface area contributed by atoms with Crippen LogP contribution in [-0.4, -0.2) is 36.5 Å². The molecular formula is C15H22O5. The van der Waals surface area contributed by atoms with Crippen molar-refractivity contribution in [3.63, 3.8) is 0 Å². The molecule has 0 bridgehead atoms. The van der Waals surface area contributed by atoms with Crippen molar-refractivity contribution < 1.29 is 24.2 Å². The summed E-state index contributed by atoms with van der Waals surface area (Å²) >= 11 is 0. The average molecular weight is 282 g/mol. The molecule has 0 radical (unpaired) electrons. The lowest BCUT2D eigenvalue weighted by Crippen LogP contribution is -2.44. The van der Waals surface area contributed by atoms with Gasteiger partial charge in [0, 0.05) is 11.5 Å². The molecule has 0 saturated carbocycles. The summed E-state index contributed by atoms with van der Waals surface area (Å²) in [4.78, 5) is 24.7. The van der Waals surface area contributed by atoms with Crippen LogP contribution in [0.5, 0.6) is 0 Å². The van der Waals surface area contributed by atoms with Crippen LogP contribution < -0.4 is 0 Å². The van der Waals surface area contributed by atoms with Crippen LogP contribution in [0.3, 0.4) is 0 Å². The Bertz CT molecular complexity index is 496. The number of Topliss-reactive ketones (excluding diaryl/α,β-unsaturated/α-hetero) is 2. The molecule has 0 unspecified atom stereocenters. The second-order valence-electron chi connectivity index (χ2n) is 5.14. The first-order chi connectivity index (χ1) is 9.23. The zero-order valence-electron chi connectivity index (χ0n) is 12.9. The van der Waals surface area contributed by atoms with Crippen molar-refractivity contribution in [2.45, 2.75) is 39.7 Å². The Morgan fingerprint density at radius 3 is 2.30 bits per heavy atom. The Morgan fingerprint density at radius 2 is 1.90 bits per heavy atom. The molecule has 5 heteroatoms. The lowest BCUT2D eigenvalue weighted by atomic mass is 9.80. The Kier molecular flexibility index (Phi) is 4.76. The van der Waals surface area contributed by atoms with Crippen molar-refractivity contribution >= 4 is 11.6 Å². The van der Waals surface area contributed by atoms with E-state index in [1.54, 1.807) is 6.92 Å². The zero-order valence-corrected chi connectivity index (χ0v) is 12.9. The van der Waals surface area contributed by atoms with E-state index < -0.39 is 11.4 Å². The topological polar surface area (TPSA) is 72.8 Å². The molecule has 5 nitrogen and oxygen atoms in total. The normalized spacial score (nSPS) is 24.9. The Morgan fingerprint density at radius 1 is 1.35 bits per heavy atom. The second kappa shape index (κ2) is 5.79. The Labute approximate surface area is 119 Å². The largest absolute Gasteiger partial charge is 0.497 e. The first-order valence-corrected chi connectivity index (χ1v) is 6.59. The van der Waals surface area contributed by atoms with Gasteiger partial charge in [0.05, 0.1) is 14.2 Å². The summed E-state index contributed by atoms with van der Waals surface area (Å²) in [6, 6.07) is 0. The minimum Gasteiger partial charge on any atom is -0.497 e. The Balaban J connectivity index is 3.60. The number of carbonyl (C=O) groups excluding carboxylic acids is 2. The van der Waals surface area contributed by atoms with E-state index in [4.69, 9.17) is 9.47 Å². The number of rotatable bonds is 5. The first kappa shape index (κ1) is 16.4.